The molecule has 58 heavy (non-hydrogen) atoms. The lowest BCUT2D eigenvalue weighted by molar-refractivity contribution is 0.343. The summed E-state index contributed by atoms with van der Waals surface area (Å²) < 4.78 is 66.3. The third-order valence-electron chi connectivity index (χ3n) is 9.62. The molecule has 0 bridgehead atoms. The molecule has 6 aromatic rings. The summed E-state index contributed by atoms with van der Waals surface area (Å²) in [6, 6.07) is 21.4. The summed E-state index contributed by atoms with van der Waals surface area (Å²) in [5.41, 5.74) is 13.5. The van der Waals surface area contributed by atoms with Gasteiger partial charge in [0.15, 0.2) is 0 Å². The molecule has 11 nitrogen and oxygen atoms in total. The third-order valence-corrected chi connectivity index (χ3v) is 11.5. The first-order valence-corrected chi connectivity index (χ1v) is 22.5. The predicted molar refractivity (Wildman–Crippen MR) is 232 cm³/mol. The van der Waals surface area contributed by atoms with Crippen LogP contribution >= 0.6 is 23.2 Å². The van der Waals surface area contributed by atoms with E-state index in [1.165, 1.54) is 6.07 Å². The molecule has 0 amide bonds. The van der Waals surface area contributed by atoms with Crippen LogP contribution in [0.25, 0.3) is 44.5 Å². The summed E-state index contributed by atoms with van der Waals surface area (Å²) >= 11 is 13.2. The standard InChI is InChI=1S/C42H42Cl2FN7O4S2/c1-41(2,24-45)39-16-27(29-13-31(23-48-21-29)36-9-7-33(18-38(36)44)52-58(5,55)56)14-34(50-39)19-42(3,25-46)40-15-26(10-11-49-40)28-12-30(22-47-20-28)35-8-6-32(17-37(35)43)51-57(4,53)54/h6-18,20-23,51-52H,19,24-25,46H2,1-5H3. The fraction of sp³-hybridized carbons (Fsp3) is 0.238. The normalized spacial score (nSPS) is 13.2. The molecule has 0 aliphatic heterocycles. The number of hydrogen-bond acceptors (Lipinski definition) is 9. The predicted octanol–water partition coefficient (Wildman–Crippen LogP) is 8.69. The maximum Gasteiger partial charge on any atom is 0.229 e. The zero-order chi connectivity index (χ0) is 42.0. The van der Waals surface area contributed by atoms with Gasteiger partial charge < -0.3 is 5.73 Å². The van der Waals surface area contributed by atoms with Crippen LogP contribution in [0.4, 0.5) is 15.8 Å². The van der Waals surface area contributed by atoms with E-state index in [9.17, 15) is 21.2 Å². The van der Waals surface area contributed by atoms with Crippen molar-refractivity contribution in [3.05, 3.63) is 131 Å². The van der Waals surface area contributed by atoms with Gasteiger partial charge in [-0.1, -0.05) is 56.1 Å². The van der Waals surface area contributed by atoms with E-state index in [1.54, 1.807) is 75.2 Å². The van der Waals surface area contributed by atoms with E-state index in [0.717, 1.165) is 46.0 Å². The van der Waals surface area contributed by atoms with Crippen molar-refractivity contribution in [3.8, 4) is 44.5 Å². The number of nitrogens with two attached hydrogens (primary N) is 1. The minimum absolute atomic E-state index is 0.221. The lowest BCUT2D eigenvalue weighted by Gasteiger charge is -2.29. The molecule has 0 aliphatic rings. The first kappa shape index (κ1) is 42.6. The second kappa shape index (κ2) is 16.7. The number of benzene rings is 2. The number of alkyl halides is 1. The van der Waals surface area contributed by atoms with Gasteiger partial charge in [0.1, 0.15) is 6.67 Å². The smallest absolute Gasteiger partial charge is 0.229 e. The number of rotatable bonds is 14. The summed E-state index contributed by atoms with van der Waals surface area (Å²) in [6.07, 6.45) is 11.0. The minimum Gasteiger partial charge on any atom is -0.330 e. The summed E-state index contributed by atoms with van der Waals surface area (Å²) in [6.45, 7) is 5.20. The van der Waals surface area contributed by atoms with Gasteiger partial charge in [-0.25, -0.2) is 16.8 Å². The van der Waals surface area contributed by atoms with Gasteiger partial charge in [-0.2, -0.15) is 0 Å². The highest BCUT2D eigenvalue weighted by molar-refractivity contribution is 7.92. The fourth-order valence-corrected chi connectivity index (χ4v) is 8.10. The van der Waals surface area contributed by atoms with Gasteiger partial charge in [-0.05, 0) is 71.8 Å². The van der Waals surface area contributed by atoms with Crippen molar-refractivity contribution in [3.63, 3.8) is 0 Å². The molecule has 302 valence electrons. The van der Waals surface area contributed by atoms with Gasteiger partial charge in [-0.3, -0.25) is 33.8 Å². The SMILES string of the molecule is CC(C)(CF)c1cc(-c2cncc(-c3ccc(NS(C)(=O)=O)cc3Cl)c2)cc(CC(C)(CN)c2cc(-c3cncc(-c4ccc(NS(C)(=O)=O)cc4Cl)c3)ccn2)n1. The van der Waals surface area contributed by atoms with Crippen molar-refractivity contribution in [2.45, 2.75) is 38.0 Å². The van der Waals surface area contributed by atoms with Crippen LogP contribution < -0.4 is 15.2 Å². The summed E-state index contributed by atoms with van der Waals surface area (Å²) in [5, 5.41) is 0.688. The first-order valence-electron chi connectivity index (χ1n) is 18.0. The Morgan fingerprint density at radius 3 is 1.64 bits per heavy atom. The van der Waals surface area contributed by atoms with Crippen molar-refractivity contribution in [1.82, 2.24) is 19.9 Å². The zero-order valence-corrected chi connectivity index (χ0v) is 35.5. The Labute approximate surface area is 348 Å². The van der Waals surface area contributed by atoms with Crippen molar-refractivity contribution in [2.75, 3.05) is 35.2 Å². The van der Waals surface area contributed by atoms with Crippen molar-refractivity contribution in [1.29, 1.82) is 0 Å². The Bertz CT molecular complexity index is 2740. The van der Waals surface area contributed by atoms with Gasteiger partial charge in [-0.15, -0.1) is 0 Å². The number of nitrogens with one attached hydrogen (secondary N) is 2. The molecule has 2 aromatic carbocycles. The van der Waals surface area contributed by atoms with Crippen molar-refractivity contribution in [2.24, 2.45) is 5.73 Å². The molecular weight excluding hydrogens is 821 g/mol. The average molecular weight is 863 g/mol. The number of sulfonamides is 2. The van der Waals surface area contributed by atoms with Crippen molar-refractivity contribution >= 4 is 54.6 Å². The molecule has 0 aliphatic carbocycles. The quantitative estimate of drug-likeness (QED) is 0.0970. The first-order chi connectivity index (χ1) is 27.3. The maximum absolute atomic E-state index is 14.5. The molecule has 4 N–H and O–H groups in total. The average Bonchev–Trinajstić information content (AvgIpc) is 3.16. The van der Waals surface area contributed by atoms with Crippen molar-refractivity contribution < 1.29 is 21.2 Å². The lowest BCUT2D eigenvalue weighted by Crippen LogP contribution is -2.35. The Morgan fingerprint density at radius 2 is 1.16 bits per heavy atom. The largest absolute Gasteiger partial charge is 0.330 e. The summed E-state index contributed by atoms with van der Waals surface area (Å²) in [7, 11) is -6.96. The molecule has 4 aromatic heterocycles. The number of aromatic nitrogens is 4. The van der Waals surface area contributed by atoms with E-state index < -0.39 is 37.6 Å². The van der Waals surface area contributed by atoms with E-state index in [-0.39, 0.29) is 6.54 Å². The monoisotopic (exact) mass is 861 g/mol. The van der Waals surface area contributed by atoms with E-state index in [4.69, 9.17) is 38.9 Å². The molecule has 0 saturated carbocycles. The Hall–Kier alpha value is -4.99. The molecule has 1 atom stereocenters. The van der Waals surface area contributed by atoms with Crippen LogP contribution in [0, 0.1) is 0 Å². The molecular formula is C42H42Cl2FN7O4S2. The highest BCUT2D eigenvalue weighted by atomic mass is 35.5. The van der Waals surface area contributed by atoms with Gasteiger partial charge in [0, 0.05) is 117 Å². The van der Waals surface area contributed by atoms with Crippen LogP contribution in [-0.2, 0) is 37.3 Å². The molecule has 6 rings (SSSR count). The Balaban J connectivity index is 1.34. The third kappa shape index (κ3) is 10.2. The Kier molecular flexibility index (Phi) is 12.3. The van der Waals surface area contributed by atoms with Gasteiger partial charge in [0.05, 0.1) is 22.6 Å². The summed E-state index contributed by atoms with van der Waals surface area (Å²) in [5.74, 6) is 0. The molecule has 1 unspecified atom stereocenters. The van der Waals surface area contributed by atoms with Gasteiger partial charge in [0.2, 0.25) is 20.0 Å². The van der Waals surface area contributed by atoms with Crippen LogP contribution in [0.2, 0.25) is 10.0 Å². The topological polar surface area (TPSA) is 170 Å². The van der Waals surface area contributed by atoms with Gasteiger partial charge in [0.25, 0.3) is 0 Å². The number of hydrogen-bond donors (Lipinski definition) is 3. The fourth-order valence-electron chi connectivity index (χ4n) is 6.41. The Morgan fingerprint density at radius 1 is 0.655 bits per heavy atom. The number of halogens is 3. The van der Waals surface area contributed by atoms with Crippen LogP contribution in [-0.4, -0.2) is 62.5 Å². The van der Waals surface area contributed by atoms with Crippen LogP contribution in [0.15, 0.2) is 104 Å². The van der Waals surface area contributed by atoms with E-state index in [2.05, 4.69) is 19.4 Å². The molecule has 4 heterocycles. The van der Waals surface area contributed by atoms with E-state index in [1.807, 2.05) is 43.3 Å². The van der Waals surface area contributed by atoms with Crippen LogP contribution in [0.5, 0.6) is 0 Å². The second-order valence-electron chi connectivity index (χ2n) is 15.2. The van der Waals surface area contributed by atoms with Crippen LogP contribution in [0.3, 0.4) is 0 Å². The highest BCUT2D eigenvalue weighted by Crippen LogP contribution is 2.37. The van der Waals surface area contributed by atoms with E-state index in [0.29, 0.717) is 55.9 Å². The van der Waals surface area contributed by atoms with E-state index >= 15 is 0 Å². The number of nitrogens with zero attached hydrogens (tertiary/aromatic N) is 4. The lowest BCUT2D eigenvalue weighted by atomic mass is 9.80. The number of pyridine rings is 4. The molecule has 0 fully saturated rings. The van der Waals surface area contributed by atoms with Gasteiger partial charge >= 0.3 is 0 Å². The maximum atomic E-state index is 14.5. The molecule has 0 saturated heterocycles. The molecule has 16 heteroatoms. The summed E-state index contributed by atoms with van der Waals surface area (Å²) in [4.78, 5) is 18.7. The highest BCUT2D eigenvalue weighted by Gasteiger charge is 2.30. The molecule has 0 spiro atoms. The number of anilines is 2. The second-order valence-corrected chi connectivity index (χ2v) is 19.5. The molecule has 0 radical (unpaired) electrons. The minimum atomic E-state index is -3.49. The van der Waals surface area contributed by atoms with Crippen LogP contribution in [0.1, 0.15) is 37.9 Å². The zero-order valence-electron chi connectivity index (χ0n) is 32.4.